The molecule has 1 aromatic carbocycles. The minimum Gasteiger partial charge on any atom is -1.00 e. The monoisotopic (exact) mass is 302 g/mol. The van der Waals surface area contributed by atoms with E-state index in [0.717, 1.165) is 0 Å². The van der Waals surface area contributed by atoms with Crippen LogP contribution in [0.1, 0.15) is 11.8 Å². The summed E-state index contributed by atoms with van der Waals surface area (Å²) in [4.78, 5) is 10.5. The minimum atomic E-state index is -1.16. The van der Waals surface area contributed by atoms with E-state index in [1.54, 1.807) is 6.07 Å². The Morgan fingerprint density at radius 3 is 2.38 bits per heavy atom. The predicted octanol–water partition coefficient (Wildman–Crippen LogP) is -0.268. The van der Waals surface area contributed by atoms with Gasteiger partial charge in [-0.25, -0.2) is 4.79 Å². The summed E-state index contributed by atoms with van der Waals surface area (Å²) in [5.41, 5.74) is -0.128. The van der Waals surface area contributed by atoms with Gasteiger partial charge in [0.05, 0.1) is 4.47 Å². The molecule has 0 aliphatic heterocycles. The van der Waals surface area contributed by atoms with Crippen LogP contribution in [0, 0.1) is 0 Å². The number of phenols is 1. The first-order valence-corrected chi connectivity index (χ1v) is 4.52. The number of hydrogen-bond donors (Lipinski definition) is 2. The van der Waals surface area contributed by atoms with E-state index in [-0.39, 0.29) is 31.6 Å². The van der Waals surface area contributed by atoms with E-state index in [1.807, 2.05) is 0 Å². The fourth-order valence-electron chi connectivity index (χ4n) is 0.729. The molecule has 0 atom stereocenters. The van der Waals surface area contributed by atoms with Gasteiger partial charge in [0, 0.05) is 4.47 Å². The Morgan fingerprint density at radius 1 is 1.38 bits per heavy atom. The van der Waals surface area contributed by atoms with Gasteiger partial charge in [-0.05, 0) is 28.1 Å². The van der Waals surface area contributed by atoms with E-state index in [9.17, 15) is 9.90 Å². The summed E-state index contributed by atoms with van der Waals surface area (Å²) in [6, 6.07) is 2.91. The van der Waals surface area contributed by atoms with Gasteiger partial charge in [-0.15, -0.1) is 0 Å². The van der Waals surface area contributed by atoms with E-state index in [0.29, 0.717) is 8.95 Å². The molecule has 0 aromatic heterocycles. The van der Waals surface area contributed by atoms with Gasteiger partial charge in [0.2, 0.25) is 0 Å². The van der Waals surface area contributed by atoms with Crippen molar-refractivity contribution in [2.75, 3.05) is 0 Å². The number of halogens is 2. The molecule has 0 aliphatic rings. The van der Waals surface area contributed by atoms with Gasteiger partial charge in [0.15, 0.2) is 0 Å². The van der Waals surface area contributed by atoms with Crippen LogP contribution in [0.25, 0.3) is 0 Å². The molecule has 1 aromatic rings. The molecule has 6 heteroatoms. The molecule has 0 spiro atoms. The number of hydrogen-bond acceptors (Lipinski definition) is 2. The Labute approximate surface area is 105 Å². The molecule has 66 valence electrons. The molecule has 0 unspecified atom stereocenters. The van der Waals surface area contributed by atoms with Crippen LogP contribution in [0.4, 0.5) is 0 Å². The zero-order chi connectivity index (χ0) is 9.30. The predicted molar refractivity (Wildman–Crippen MR) is 51.6 cm³/mol. The third-order valence-electron chi connectivity index (χ3n) is 1.26. The quantitative estimate of drug-likeness (QED) is 0.703. The van der Waals surface area contributed by atoms with Crippen molar-refractivity contribution in [2.24, 2.45) is 0 Å². The van der Waals surface area contributed by atoms with Gasteiger partial charge >= 0.3 is 24.8 Å². The van der Waals surface area contributed by atoms with Crippen LogP contribution in [-0.2, 0) is 0 Å². The molecule has 0 radical (unpaired) electrons. The van der Waals surface area contributed by atoms with Crippen molar-refractivity contribution in [3.05, 3.63) is 26.6 Å². The van der Waals surface area contributed by atoms with Crippen LogP contribution >= 0.6 is 31.9 Å². The molecule has 0 bridgehead atoms. The molecule has 3 nitrogen and oxygen atoms in total. The Morgan fingerprint density at radius 2 is 1.92 bits per heavy atom. The third kappa shape index (κ3) is 3.03. The van der Waals surface area contributed by atoms with Crippen molar-refractivity contribution >= 4 is 37.8 Å². The smallest absolute Gasteiger partial charge is 1.00 e. The molecule has 0 saturated carbocycles. The SMILES string of the molecule is O=C(O)c1cc(Br)cc(Br)c1O.[H-].[Li+]. The van der Waals surface area contributed by atoms with Crippen LogP contribution < -0.4 is 18.9 Å². The second-order valence-corrected chi connectivity index (χ2v) is 3.86. The third-order valence-corrected chi connectivity index (χ3v) is 2.32. The summed E-state index contributed by atoms with van der Waals surface area (Å²) >= 11 is 6.13. The number of aromatic hydroxyl groups is 1. The second kappa shape index (κ2) is 5.06. The Kier molecular flexibility index (Phi) is 5.08. The first-order chi connectivity index (χ1) is 5.52. The summed E-state index contributed by atoms with van der Waals surface area (Å²) in [5, 5.41) is 17.9. The average Bonchev–Trinajstić information content (AvgIpc) is 1.96. The van der Waals surface area contributed by atoms with Crippen molar-refractivity contribution in [3.8, 4) is 5.75 Å². The van der Waals surface area contributed by atoms with Gasteiger partial charge in [0.25, 0.3) is 0 Å². The topological polar surface area (TPSA) is 57.5 Å². The van der Waals surface area contributed by atoms with E-state index < -0.39 is 5.97 Å². The van der Waals surface area contributed by atoms with Crippen LogP contribution in [0.15, 0.2) is 21.1 Å². The fourth-order valence-corrected chi connectivity index (χ4v) is 1.95. The van der Waals surface area contributed by atoms with Crippen LogP contribution in [0.3, 0.4) is 0 Å². The van der Waals surface area contributed by atoms with E-state index in [2.05, 4.69) is 31.9 Å². The van der Waals surface area contributed by atoms with Crippen molar-refractivity contribution in [1.82, 2.24) is 0 Å². The van der Waals surface area contributed by atoms with Gasteiger partial charge < -0.3 is 11.6 Å². The van der Waals surface area contributed by atoms with Crippen LogP contribution in [-0.4, -0.2) is 16.2 Å². The second-order valence-electron chi connectivity index (χ2n) is 2.09. The molecular formula is C7H5Br2LiO3. The number of carboxylic acids is 1. The number of rotatable bonds is 1. The van der Waals surface area contributed by atoms with Crippen molar-refractivity contribution in [2.45, 2.75) is 0 Å². The molecule has 0 fully saturated rings. The number of benzene rings is 1. The maximum absolute atomic E-state index is 10.5. The molecule has 13 heavy (non-hydrogen) atoms. The Bertz CT molecular complexity index is 346. The molecule has 0 heterocycles. The van der Waals surface area contributed by atoms with Gasteiger partial charge in [0.1, 0.15) is 11.3 Å². The first-order valence-electron chi connectivity index (χ1n) is 2.93. The summed E-state index contributed by atoms with van der Waals surface area (Å²) < 4.78 is 0.957. The zero-order valence-corrected chi connectivity index (χ0v) is 9.89. The maximum atomic E-state index is 10.5. The van der Waals surface area contributed by atoms with Crippen molar-refractivity contribution in [1.29, 1.82) is 0 Å². The Balaban J connectivity index is 0. The first kappa shape index (κ1) is 13.0. The number of carbonyl (C=O) groups is 1. The van der Waals surface area contributed by atoms with Gasteiger partial charge in [-0.1, -0.05) is 15.9 Å². The van der Waals surface area contributed by atoms with E-state index in [1.165, 1.54) is 6.07 Å². The summed E-state index contributed by atoms with van der Waals surface area (Å²) in [6.45, 7) is 0. The summed E-state index contributed by atoms with van der Waals surface area (Å²) in [7, 11) is 0. The van der Waals surface area contributed by atoms with E-state index >= 15 is 0 Å². The number of carboxylic acid groups (broad SMARTS) is 1. The largest absolute Gasteiger partial charge is 1.00 e. The molecule has 0 saturated heterocycles. The van der Waals surface area contributed by atoms with Crippen molar-refractivity contribution in [3.63, 3.8) is 0 Å². The summed E-state index contributed by atoms with van der Waals surface area (Å²) in [5.74, 6) is -1.42. The molecular weight excluding hydrogens is 299 g/mol. The van der Waals surface area contributed by atoms with E-state index in [4.69, 9.17) is 5.11 Å². The Hall–Kier alpha value is 0.0474. The van der Waals surface area contributed by atoms with Crippen LogP contribution in [0.5, 0.6) is 5.75 Å². The zero-order valence-electron chi connectivity index (χ0n) is 7.71. The van der Waals surface area contributed by atoms with Gasteiger partial charge in [-0.2, -0.15) is 0 Å². The maximum Gasteiger partial charge on any atom is 1.00 e. The molecule has 1 rings (SSSR count). The fraction of sp³-hybridized carbons (Fsp3) is 0. The van der Waals surface area contributed by atoms with Crippen LogP contribution in [0.2, 0.25) is 0 Å². The molecule has 2 N–H and O–H groups in total. The van der Waals surface area contributed by atoms with Gasteiger partial charge in [-0.3, -0.25) is 0 Å². The normalized spacial score (nSPS) is 9.08. The molecule has 0 aliphatic carbocycles. The number of aromatic carboxylic acids is 1. The molecule has 0 amide bonds. The average molecular weight is 304 g/mol. The van der Waals surface area contributed by atoms with Crippen molar-refractivity contribution < 1.29 is 35.3 Å². The minimum absolute atomic E-state index is 0. The summed E-state index contributed by atoms with van der Waals surface area (Å²) in [6.07, 6.45) is 0. The standard InChI is InChI=1S/C7H4Br2O3.Li.H/c8-3-1-4(7(11)12)6(10)5(9)2-3;;/h1-2,10H,(H,11,12);;/q;+1;-1.